The Hall–Kier alpha value is -3.15. The van der Waals surface area contributed by atoms with Crippen LogP contribution in [0, 0.1) is 11.6 Å². The lowest BCUT2D eigenvalue weighted by atomic mass is 10.0. The third kappa shape index (κ3) is 3.56. The van der Waals surface area contributed by atoms with E-state index >= 15 is 0 Å². The van der Waals surface area contributed by atoms with Crippen LogP contribution in [0.4, 0.5) is 19.3 Å². The molecule has 0 bridgehead atoms. The van der Waals surface area contributed by atoms with Gasteiger partial charge in [0.25, 0.3) is 0 Å². The first kappa shape index (κ1) is 17.3. The highest BCUT2D eigenvalue weighted by Crippen LogP contribution is 2.30. The summed E-state index contributed by atoms with van der Waals surface area (Å²) in [4.78, 5) is 14.6. The van der Waals surface area contributed by atoms with Crippen molar-refractivity contribution in [3.63, 3.8) is 0 Å². The maximum Gasteiger partial charge on any atom is 0.322 e. The SMILES string of the molecule is O=C(Nc1cc(F)ccc1F)N1CCn2cccc2C1Cc1ccccc1. The zero-order valence-electron chi connectivity index (χ0n) is 14.6. The Balaban J connectivity index is 1.61. The molecule has 1 unspecified atom stereocenters. The highest BCUT2D eigenvalue weighted by atomic mass is 19.1. The van der Waals surface area contributed by atoms with Crippen LogP contribution in [-0.4, -0.2) is 22.0 Å². The van der Waals surface area contributed by atoms with Crippen LogP contribution in [0.1, 0.15) is 17.3 Å². The largest absolute Gasteiger partial charge is 0.348 e. The minimum absolute atomic E-state index is 0.153. The quantitative estimate of drug-likeness (QED) is 0.722. The summed E-state index contributed by atoms with van der Waals surface area (Å²) in [5.41, 5.74) is 1.98. The molecular formula is C21H19F2N3O. The van der Waals surface area contributed by atoms with Crippen LogP contribution >= 0.6 is 0 Å². The molecule has 2 amide bonds. The standard InChI is InChI=1S/C21H19F2N3O/c22-16-8-9-17(23)18(14-16)24-21(27)26-12-11-25-10-4-7-19(25)20(26)13-15-5-2-1-3-6-15/h1-10,14,20H,11-13H2,(H,24,27). The summed E-state index contributed by atoms with van der Waals surface area (Å²) in [7, 11) is 0. The molecule has 0 saturated carbocycles. The van der Waals surface area contributed by atoms with Gasteiger partial charge in [0.05, 0.1) is 11.7 Å². The molecule has 2 aromatic carbocycles. The number of aromatic nitrogens is 1. The molecule has 1 aromatic heterocycles. The molecule has 3 aromatic rings. The Bertz CT molecular complexity index is 955. The van der Waals surface area contributed by atoms with E-state index in [4.69, 9.17) is 0 Å². The summed E-state index contributed by atoms with van der Waals surface area (Å²) in [6.07, 6.45) is 2.64. The normalized spacial score (nSPS) is 16.1. The van der Waals surface area contributed by atoms with E-state index in [2.05, 4.69) is 9.88 Å². The van der Waals surface area contributed by atoms with Gasteiger partial charge in [-0.15, -0.1) is 0 Å². The van der Waals surface area contributed by atoms with Crippen molar-refractivity contribution in [3.8, 4) is 0 Å². The predicted octanol–water partition coefficient (Wildman–Crippen LogP) is 4.60. The van der Waals surface area contributed by atoms with E-state index in [1.165, 1.54) is 0 Å². The molecule has 0 saturated heterocycles. The fourth-order valence-corrected chi connectivity index (χ4v) is 3.54. The monoisotopic (exact) mass is 367 g/mol. The number of hydrogen-bond donors (Lipinski definition) is 1. The van der Waals surface area contributed by atoms with Gasteiger partial charge in [-0.3, -0.25) is 0 Å². The number of fused-ring (bicyclic) bond motifs is 1. The maximum absolute atomic E-state index is 13.9. The molecule has 4 rings (SSSR count). The van der Waals surface area contributed by atoms with E-state index in [1.807, 2.05) is 48.7 Å². The summed E-state index contributed by atoms with van der Waals surface area (Å²) in [6.45, 7) is 1.15. The second-order valence-corrected chi connectivity index (χ2v) is 6.58. The number of hydrogen-bond acceptors (Lipinski definition) is 1. The van der Waals surface area contributed by atoms with Crippen molar-refractivity contribution in [1.82, 2.24) is 9.47 Å². The van der Waals surface area contributed by atoms with E-state index in [0.717, 1.165) is 29.5 Å². The lowest BCUT2D eigenvalue weighted by Crippen LogP contribution is -2.45. The molecular weight excluding hydrogens is 348 g/mol. The van der Waals surface area contributed by atoms with Crippen molar-refractivity contribution in [2.45, 2.75) is 19.0 Å². The van der Waals surface area contributed by atoms with Crippen LogP contribution in [0.2, 0.25) is 0 Å². The Morgan fingerprint density at radius 3 is 2.67 bits per heavy atom. The molecule has 6 heteroatoms. The van der Waals surface area contributed by atoms with Gasteiger partial charge in [0.15, 0.2) is 0 Å². The Morgan fingerprint density at radius 1 is 1.04 bits per heavy atom. The highest BCUT2D eigenvalue weighted by Gasteiger charge is 2.31. The summed E-state index contributed by atoms with van der Waals surface area (Å²) in [5, 5.41) is 2.52. The number of anilines is 1. The molecule has 0 radical (unpaired) electrons. The van der Waals surface area contributed by atoms with Crippen LogP contribution in [-0.2, 0) is 13.0 Å². The van der Waals surface area contributed by atoms with Gasteiger partial charge in [0, 0.05) is 31.0 Å². The molecule has 138 valence electrons. The van der Waals surface area contributed by atoms with Gasteiger partial charge in [-0.2, -0.15) is 0 Å². The van der Waals surface area contributed by atoms with E-state index in [0.29, 0.717) is 19.5 Å². The van der Waals surface area contributed by atoms with E-state index in [9.17, 15) is 13.6 Å². The van der Waals surface area contributed by atoms with Gasteiger partial charge in [-0.25, -0.2) is 13.6 Å². The Labute approximate surface area is 156 Å². The van der Waals surface area contributed by atoms with Gasteiger partial charge < -0.3 is 14.8 Å². The van der Waals surface area contributed by atoms with E-state index in [-0.39, 0.29) is 11.7 Å². The third-order valence-electron chi connectivity index (χ3n) is 4.87. The van der Waals surface area contributed by atoms with Crippen molar-refractivity contribution < 1.29 is 13.6 Å². The molecule has 1 aliphatic rings. The van der Waals surface area contributed by atoms with Gasteiger partial charge in [0.2, 0.25) is 0 Å². The first-order chi connectivity index (χ1) is 13.1. The maximum atomic E-state index is 13.9. The number of amides is 2. The van der Waals surface area contributed by atoms with Crippen molar-refractivity contribution in [2.75, 3.05) is 11.9 Å². The van der Waals surface area contributed by atoms with Gasteiger partial charge in [-0.1, -0.05) is 30.3 Å². The Kier molecular flexibility index (Phi) is 4.62. The lowest BCUT2D eigenvalue weighted by Gasteiger charge is -2.37. The molecule has 1 aliphatic heterocycles. The molecule has 0 fully saturated rings. The number of halogens is 2. The summed E-state index contributed by atoms with van der Waals surface area (Å²) in [5.74, 6) is -1.26. The molecule has 4 nitrogen and oxygen atoms in total. The average molecular weight is 367 g/mol. The topological polar surface area (TPSA) is 37.3 Å². The third-order valence-corrected chi connectivity index (χ3v) is 4.87. The number of carbonyl (C=O) groups excluding carboxylic acids is 1. The lowest BCUT2D eigenvalue weighted by molar-refractivity contribution is 0.167. The predicted molar refractivity (Wildman–Crippen MR) is 99.4 cm³/mol. The number of urea groups is 1. The zero-order valence-corrected chi connectivity index (χ0v) is 14.6. The number of nitrogens with one attached hydrogen (secondary N) is 1. The van der Waals surface area contributed by atoms with E-state index < -0.39 is 17.7 Å². The minimum Gasteiger partial charge on any atom is -0.348 e. The van der Waals surface area contributed by atoms with Crippen LogP contribution in [0.5, 0.6) is 0 Å². The summed E-state index contributed by atoms with van der Waals surface area (Å²) in [6, 6.07) is 16.3. The first-order valence-corrected chi connectivity index (χ1v) is 8.83. The molecule has 27 heavy (non-hydrogen) atoms. The van der Waals surface area contributed by atoms with E-state index in [1.54, 1.807) is 4.90 Å². The van der Waals surface area contributed by atoms with Crippen LogP contribution in [0.3, 0.4) is 0 Å². The van der Waals surface area contributed by atoms with Crippen LogP contribution in [0.25, 0.3) is 0 Å². The number of nitrogens with zero attached hydrogens (tertiary/aromatic N) is 2. The minimum atomic E-state index is -0.662. The average Bonchev–Trinajstić information content (AvgIpc) is 3.15. The van der Waals surface area contributed by atoms with Gasteiger partial charge in [-0.05, 0) is 36.2 Å². The Morgan fingerprint density at radius 2 is 1.85 bits per heavy atom. The van der Waals surface area contributed by atoms with Crippen LogP contribution in [0.15, 0.2) is 66.9 Å². The van der Waals surface area contributed by atoms with Crippen molar-refractivity contribution in [2.24, 2.45) is 0 Å². The molecule has 0 spiro atoms. The highest BCUT2D eigenvalue weighted by molar-refractivity contribution is 5.89. The second-order valence-electron chi connectivity index (χ2n) is 6.58. The first-order valence-electron chi connectivity index (χ1n) is 8.83. The van der Waals surface area contributed by atoms with Crippen molar-refractivity contribution >= 4 is 11.7 Å². The number of carbonyl (C=O) groups is 1. The van der Waals surface area contributed by atoms with Gasteiger partial charge >= 0.3 is 6.03 Å². The van der Waals surface area contributed by atoms with Crippen molar-refractivity contribution in [1.29, 1.82) is 0 Å². The number of benzene rings is 2. The smallest absolute Gasteiger partial charge is 0.322 e. The molecule has 0 aliphatic carbocycles. The molecule has 1 N–H and O–H groups in total. The van der Waals surface area contributed by atoms with Crippen molar-refractivity contribution in [3.05, 3.63) is 89.8 Å². The summed E-state index contributed by atoms with van der Waals surface area (Å²) >= 11 is 0. The van der Waals surface area contributed by atoms with Crippen LogP contribution < -0.4 is 5.32 Å². The fraction of sp³-hybridized carbons (Fsp3) is 0.190. The van der Waals surface area contributed by atoms with Gasteiger partial charge in [0.1, 0.15) is 11.6 Å². The summed E-state index contributed by atoms with van der Waals surface area (Å²) < 4.78 is 29.5. The second kappa shape index (κ2) is 7.23. The molecule has 2 heterocycles. The fourth-order valence-electron chi connectivity index (χ4n) is 3.54. The molecule has 1 atom stereocenters. The number of rotatable bonds is 3. The zero-order chi connectivity index (χ0) is 18.8.